The minimum absolute atomic E-state index is 0.254. The van der Waals surface area contributed by atoms with E-state index >= 15 is 0 Å². The van der Waals surface area contributed by atoms with Crippen LogP contribution in [0.5, 0.6) is 0 Å². The molecule has 0 saturated heterocycles. The molecule has 0 spiro atoms. The highest BCUT2D eigenvalue weighted by molar-refractivity contribution is 6.36. The van der Waals surface area contributed by atoms with Crippen molar-refractivity contribution in [1.82, 2.24) is 0 Å². The summed E-state index contributed by atoms with van der Waals surface area (Å²) in [6.07, 6.45) is 10.4. The first-order chi connectivity index (χ1) is 9.07. The molecule has 1 N–H and O–H groups in total. The molecule has 0 aliphatic heterocycles. The third-order valence-electron chi connectivity index (χ3n) is 3.16. The van der Waals surface area contributed by atoms with Gasteiger partial charge in [-0.15, -0.1) is 0 Å². The van der Waals surface area contributed by atoms with Crippen molar-refractivity contribution >= 4 is 17.5 Å². The molecule has 0 aromatic rings. The SMILES string of the molecule is CCCCCCCCCCCC(=O)CC(=O)C(=O)O. The Balaban J connectivity index is 3.32. The number of hydrogen-bond donors (Lipinski definition) is 1. The molecule has 0 aliphatic carbocycles. The van der Waals surface area contributed by atoms with Gasteiger partial charge in [-0.3, -0.25) is 9.59 Å². The number of carbonyl (C=O) groups is 3. The number of carboxylic acids is 1. The highest BCUT2D eigenvalue weighted by atomic mass is 16.4. The van der Waals surface area contributed by atoms with Gasteiger partial charge in [0.2, 0.25) is 5.78 Å². The van der Waals surface area contributed by atoms with Gasteiger partial charge in [0.25, 0.3) is 0 Å². The van der Waals surface area contributed by atoms with Crippen LogP contribution in [0.2, 0.25) is 0 Å². The van der Waals surface area contributed by atoms with Crippen LogP contribution in [-0.2, 0) is 14.4 Å². The predicted molar refractivity (Wildman–Crippen MR) is 74.1 cm³/mol. The summed E-state index contributed by atoms with van der Waals surface area (Å²) >= 11 is 0. The summed E-state index contributed by atoms with van der Waals surface area (Å²) in [5.41, 5.74) is 0. The molecule has 0 aromatic carbocycles. The molecule has 0 amide bonds. The number of aliphatic carboxylic acids is 1. The topological polar surface area (TPSA) is 71.4 Å². The first-order valence-electron chi connectivity index (χ1n) is 7.35. The van der Waals surface area contributed by atoms with Crippen LogP contribution in [0.4, 0.5) is 0 Å². The molecule has 0 saturated carbocycles. The van der Waals surface area contributed by atoms with E-state index in [1.165, 1.54) is 38.5 Å². The van der Waals surface area contributed by atoms with Crippen molar-refractivity contribution in [3.8, 4) is 0 Å². The fraction of sp³-hybridized carbons (Fsp3) is 0.800. The van der Waals surface area contributed by atoms with E-state index in [1.807, 2.05) is 0 Å². The van der Waals surface area contributed by atoms with Crippen LogP contribution >= 0.6 is 0 Å². The third kappa shape index (κ3) is 11.6. The van der Waals surface area contributed by atoms with Gasteiger partial charge in [0.05, 0.1) is 6.42 Å². The van der Waals surface area contributed by atoms with Gasteiger partial charge in [-0.2, -0.15) is 0 Å². The highest BCUT2D eigenvalue weighted by Gasteiger charge is 2.15. The van der Waals surface area contributed by atoms with Crippen molar-refractivity contribution < 1.29 is 19.5 Å². The number of unbranched alkanes of at least 4 members (excludes halogenated alkanes) is 8. The predicted octanol–water partition coefficient (Wildman–Crippen LogP) is 3.52. The molecule has 0 rings (SSSR count). The standard InChI is InChI=1S/C15H26O4/c1-2-3-4-5-6-7-8-9-10-11-13(16)12-14(17)15(18)19/h2-12H2,1H3,(H,18,19). The monoisotopic (exact) mass is 270 g/mol. The minimum atomic E-state index is -1.51. The van der Waals surface area contributed by atoms with Crippen LogP contribution in [0.1, 0.15) is 77.6 Å². The van der Waals surface area contributed by atoms with Crippen LogP contribution in [-0.4, -0.2) is 22.6 Å². The van der Waals surface area contributed by atoms with Gasteiger partial charge in [-0.05, 0) is 6.42 Å². The summed E-state index contributed by atoms with van der Waals surface area (Å²) in [5.74, 6) is -2.77. The Morgan fingerprint density at radius 1 is 0.789 bits per heavy atom. The average Bonchev–Trinajstić information content (AvgIpc) is 2.36. The number of ketones is 2. The van der Waals surface area contributed by atoms with Gasteiger partial charge in [0, 0.05) is 6.42 Å². The van der Waals surface area contributed by atoms with E-state index in [9.17, 15) is 14.4 Å². The fourth-order valence-electron chi connectivity index (χ4n) is 1.98. The zero-order chi connectivity index (χ0) is 14.5. The minimum Gasteiger partial charge on any atom is -0.475 e. The molecule has 0 aromatic heterocycles. The average molecular weight is 270 g/mol. The maximum Gasteiger partial charge on any atom is 0.372 e. The number of hydrogen-bond acceptors (Lipinski definition) is 3. The first-order valence-corrected chi connectivity index (χ1v) is 7.35. The zero-order valence-corrected chi connectivity index (χ0v) is 12.0. The molecular weight excluding hydrogens is 244 g/mol. The number of Topliss-reactive ketones (excluding diaryl/α,β-unsaturated/α-hetero) is 2. The molecule has 110 valence electrons. The Kier molecular flexibility index (Phi) is 11.1. The van der Waals surface area contributed by atoms with Gasteiger partial charge in [0.1, 0.15) is 5.78 Å². The van der Waals surface area contributed by atoms with Crippen LogP contribution in [0.3, 0.4) is 0 Å². The second kappa shape index (κ2) is 11.9. The van der Waals surface area contributed by atoms with Gasteiger partial charge >= 0.3 is 5.97 Å². The van der Waals surface area contributed by atoms with Gasteiger partial charge in [0.15, 0.2) is 0 Å². The molecular formula is C15H26O4. The van der Waals surface area contributed by atoms with Gasteiger partial charge in [-0.1, -0.05) is 58.3 Å². The normalized spacial score (nSPS) is 10.4. The van der Waals surface area contributed by atoms with E-state index in [0.29, 0.717) is 6.42 Å². The summed E-state index contributed by atoms with van der Waals surface area (Å²) in [6, 6.07) is 0. The lowest BCUT2D eigenvalue weighted by molar-refractivity contribution is -0.150. The van der Waals surface area contributed by atoms with Crippen molar-refractivity contribution in [3.05, 3.63) is 0 Å². The molecule has 0 atom stereocenters. The summed E-state index contributed by atoms with van der Waals surface area (Å²) in [7, 11) is 0. The van der Waals surface area contributed by atoms with Crippen molar-refractivity contribution in [1.29, 1.82) is 0 Å². The lowest BCUT2D eigenvalue weighted by Crippen LogP contribution is -2.16. The van der Waals surface area contributed by atoms with E-state index in [1.54, 1.807) is 0 Å². The molecule has 0 fully saturated rings. The molecule has 4 heteroatoms. The van der Waals surface area contributed by atoms with E-state index < -0.39 is 18.2 Å². The molecule has 4 nitrogen and oxygen atoms in total. The lowest BCUT2D eigenvalue weighted by Gasteiger charge is -2.01. The number of carbonyl (C=O) groups excluding carboxylic acids is 2. The maximum absolute atomic E-state index is 11.3. The third-order valence-corrected chi connectivity index (χ3v) is 3.16. The zero-order valence-electron chi connectivity index (χ0n) is 12.0. The van der Waals surface area contributed by atoms with E-state index in [4.69, 9.17) is 5.11 Å². The van der Waals surface area contributed by atoms with Crippen molar-refractivity contribution in [2.45, 2.75) is 77.6 Å². The van der Waals surface area contributed by atoms with Crippen LogP contribution in [0, 0.1) is 0 Å². The molecule has 0 heterocycles. The quantitative estimate of drug-likeness (QED) is 0.316. The largest absolute Gasteiger partial charge is 0.475 e. The molecule has 19 heavy (non-hydrogen) atoms. The Bertz CT molecular complexity index is 284. The smallest absolute Gasteiger partial charge is 0.372 e. The van der Waals surface area contributed by atoms with E-state index in [0.717, 1.165) is 19.3 Å². The summed E-state index contributed by atoms with van der Waals surface area (Å²) in [5, 5.41) is 8.36. The fourth-order valence-corrected chi connectivity index (χ4v) is 1.98. The molecule has 0 unspecified atom stereocenters. The Morgan fingerprint density at radius 2 is 1.26 bits per heavy atom. The summed E-state index contributed by atoms with van der Waals surface area (Å²) in [6.45, 7) is 2.20. The second-order valence-corrected chi connectivity index (χ2v) is 5.02. The van der Waals surface area contributed by atoms with Crippen molar-refractivity contribution in [3.63, 3.8) is 0 Å². The maximum atomic E-state index is 11.3. The number of rotatable bonds is 13. The Hall–Kier alpha value is -1.19. The highest BCUT2D eigenvalue weighted by Crippen LogP contribution is 2.11. The van der Waals surface area contributed by atoms with Crippen LogP contribution < -0.4 is 0 Å². The number of carboxylic acid groups (broad SMARTS) is 1. The Labute approximate surface area is 115 Å². The summed E-state index contributed by atoms with van der Waals surface area (Å²) < 4.78 is 0. The van der Waals surface area contributed by atoms with Gasteiger partial charge in [-0.25, -0.2) is 4.79 Å². The van der Waals surface area contributed by atoms with E-state index in [2.05, 4.69) is 6.92 Å². The van der Waals surface area contributed by atoms with E-state index in [-0.39, 0.29) is 5.78 Å². The van der Waals surface area contributed by atoms with Crippen LogP contribution in [0.25, 0.3) is 0 Å². The van der Waals surface area contributed by atoms with Crippen LogP contribution in [0.15, 0.2) is 0 Å². The first kappa shape index (κ1) is 17.8. The van der Waals surface area contributed by atoms with Crippen molar-refractivity contribution in [2.75, 3.05) is 0 Å². The molecule has 0 aliphatic rings. The Morgan fingerprint density at radius 3 is 1.74 bits per heavy atom. The summed E-state index contributed by atoms with van der Waals surface area (Å²) in [4.78, 5) is 32.3. The second-order valence-electron chi connectivity index (χ2n) is 5.02. The molecule has 0 radical (unpaired) electrons. The lowest BCUT2D eigenvalue weighted by atomic mass is 10.0. The molecule has 0 bridgehead atoms. The van der Waals surface area contributed by atoms with Crippen molar-refractivity contribution in [2.24, 2.45) is 0 Å². The van der Waals surface area contributed by atoms with Gasteiger partial charge < -0.3 is 5.11 Å².